The molecule has 0 fully saturated rings. The van der Waals surface area contributed by atoms with Crippen LogP contribution in [0.1, 0.15) is 23.3 Å². The maximum atomic E-state index is 9.33. The molecule has 0 amide bonds. The summed E-state index contributed by atoms with van der Waals surface area (Å²) in [6.45, 7) is 2.13. The van der Waals surface area contributed by atoms with E-state index < -0.39 is 0 Å². The summed E-state index contributed by atoms with van der Waals surface area (Å²) in [4.78, 5) is 4.57. The molecule has 0 bridgehead atoms. The number of hydrogen-bond donors (Lipinski definition) is 0. The molecule has 2 heterocycles. The molecular weight excluding hydrogens is 292 g/mol. The topological polar surface area (TPSA) is 49.8 Å². The van der Waals surface area contributed by atoms with Crippen molar-refractivity contribution in [1.82, 2.24) is 4.98 Å². The molecule has 0 aliphatic rings. The Morgan fingerprint density at radius 3 is 2.77 bits per heavy atom. The molecule has 0 aliphatic heterocycles. The highest BCUT2D eigenvalue weighted by Gasteiger charge is 2.09. The van der Waals surface area contributed by atoms with E-state index in [-0.39, 0.29) is 0 Å². The summed E-state index contributed by atoms with van der Waals surface area (Å²) in [5.41, 5.74) is 3.77. The van der Waals surface area contributed by atoms with Crippen molar-refractivity contribution in [3.63, 3.8) is 0 Å². The first kappa shape index (κ1) is 14.3. The van der Waals surface area contributed by atoms with Gasteiger partial charge in [-0.1, -0.05) is 31.2 Å². The van der Waals surface area contributed by atoms with Gasteiger partial charge in [-0.3, -0.25) is 0 Å². The molecule has 4 heteroatoms. The quantitative estimate of drug-likeness (QED) is 0.635. The van der Waals surface area contributed by atoms with Gasteiger partial charge in [0.1, 0.15) is 16.8 Å². The zero-order valence-electron chi connectivity index (χ0n) is 12.1. The average Bonchev–Trinajstić information content (AvgIpc) is 3.24. The molecule has 3 aromatic rings. The second-order valence-electron chi connectivity index (χ2n) is 4.77. The van der Waals surface area contributed by atoms with Crippen molar-refractivity contribution >= 4 is 23.0 Å². The van der Waals surface area contributed by atoms with E-state index in [1.54, 1.807) is 18.4 Å². The van der Waals surface area contributed by atoms with Gasteiger partial charge in [-0.15, -0.1) is 11.3 Å². The van der Waals surface area contributed by atoms with Crippen LogP contribution < -0.4 is 0 Å². The molecule has 1 aromatic carbocycles. The summed E-state index contributed by atoms with van der Waals surface area (Å²) in [6.07, 6.45) is 4.32. The molecule has 0 unspecified atom stereocenters. The maximum absolute atomic E-state index is 9.33. The van der Waals surface area contributed by atoms with Crippen LogP contribution in [-0.2, 0) is 6.42 Å². The fourth-order valence-corrected chi connectivity index (χ4v) is 2.89. The van der Waals surface area contributed by atoms with Gasteiger partial charge in [0.25, 0.3) is 0 Å². The highest BCUT2D eigenvalue weighted by molar-refractivity contribution is 7.11. The van der Waals surface area contributed by atoms with E-state index in [4.69, 9.17) is 4.42 Å². The van der Waals surface area contributed by atoms with Gasteiger partial charge in [-0.2, -0.15) is 5.26 Å². The molecule has 0 atom stereocenters. The minimum absolute atomic E-state index is 0.511. The second-order valence-corrected chi connectivity index (χ2v) is 5.63. The van der Waals surface area contributed by atoms with Crippen LogP contribution in [0.25, 0.3) is 22.9 Å². The standard InChI is InChI=1S/C18H14N2OS/c1-2-13-5-7-14(8-6-13)17-12-22-18(20-17)15(11-19)10-16-4-3-9-21-16/h3-10,12H,2H2,1H3/b15-10+. The molecule has 0 spiro atoms. The van der Waals surface area contributed by atoms with Crippen LogP contribution in [0.2, 0.25) is 0 Å². The molecule has 3 nitrogen and oxygen atoms in total. The number of benzene rings is 1. The summed E-state index contributed by atoms with van der Waals surface area (Å²) in [6, 6.07) is 14.2. The van der Waals surface area contributed by atoms with Crippen molar-refractivity contribution in [2.24, 2.45) is 0 Å². The molecule has 3 rings (SSSR count). The predicted octanol–water partition coefficient (Wildman–Crippen LogP) is 5.03. The summed E-state index contributed by atoms with van der Waals surface area (Å²) in [7, 11) is 0. The first-order valence-corrected chi connectivity index (χ1v) is 7.88. The number of thiazole rings is 1. The van der Waals surface area contributed by atoms with Crippen molar-refractivity contribution in [2.45, 2.75) is 13.3 Å². The zero-order chi connectivity index (χ0) is 15.4. The lowest BCUT2D eigenvalue weighted by Crippen LogP contribution is -1.84. The Bertz CT molecular complexity index is 821. The Labute approximate surface area is 133 Å². The number of nitriles is 1. The van der Waals surface area contributed by atoms with Gasteiger partial charge >= 0.3 is 0 Å². The Hall–Kier alpha value is -2.64. The second kappa shape index (κ2) is 6.42. The van der Waals surface area contributed by atoms with Gasteiger partial charge in [-0.25, -0.2) is 4.98 Å². The van der Waals surface area contributed by atoms with Crippen molar-refractivity contribution in [2.75, 3.05) is 0 Å². The smallest absolute Gasteiger partial charge is 0.134 e. The maximum Gasteiger partial charge on any atom is 0.134 e. The summed E-state index contributed by atoms with van der Waals surface area (Å²) in [5, 5.41) is 12.0. The summed E-state index contributed by atoms with van der Waals surface area (Å²) >= 11 is 1.47. The van der Waals surface area contributed by atoms with Gasteiger partial charge in [0, 0.05) is 17.0 Å². The Balaban J connectivity index is 1.90. The molecule has 108 valence electrons. The minimum atomic E-state index is 0.511. The van der Waals surface area contributed by atoms with Crippen LogP contribution >= 0.6 is 11.3 Å². The Morgan fingerprint density at radius 2 is 2.14 bits per heavy atom. The summed E-state index contributed by atoms with van der Waals surface area (Å²) < 4.78 is 5.25. The van der Waals surface area contributed by atoms with E-state index in [2.05, 4.69) is 42.2 Å². The number of aromatic nitrogens is 1. The molecule has 0 saturated carbocycles. The van der Waals surface area contributed by atoms with Crippen LogP contribution in [0.5, 0.6) is 0 Å². The van der Waals surface area contributed by atoms with E-state index >= 15 is 0 Å². The fourth-order valence-electron chi connectivity index (χ4n) is 2.10. The van der Waals surface area contributed by atoms with Crippen molar-refractivity contribution in [3.8, 4) is 17.3 Å². The van der Waals surface area contributed by atoms with E-state index in [1.807, 2.05) is 11.4 Å². The van der Waals surface area contributed by atoms with Gasteiger partial charge in [0.05, 0.1) is 17.5 Å². The lowest BCUT2D eigenvalue weighted by molar-refractivity contribution is 0.557. The number of nitrogens with zero attached hydrogens (tertiary/aromatic N) is 2. The van der Waals surface area contributed by atoms with Crippen molar-refractivity contribution < 1.29 is 4.42 Å². The fraction of sp³-hybridized carbons (Fsp3) is 0.111. The third-order valence-electron chi connectivity index (χ3n) is 3.34. The monoisotopic (exact) mass is 306 g/mol. The van der Waals surface area contributed by atoms with Crippen LogP contribution in [0, 0.1) is 11.3 Å². The first-order chi connectivity index (χ1) is 10.8. The molecule has 0 N–H and O–H groups in total. The van der Waals surface area contributed by atoms with Gasteiger partial charge < -0.3 is 4.42 Å². The van der Waals surface area contributed by atoms with Crippen molar-refractivity contribution in [3.05, 3.63) is 64.4 Å². The lowest BCUT2D eigenvalue weighted by Gasteiger charge is -1.99. The molecular formula is C18H14N2OS. The number of furan rings is 1. The van der Waals surface area contributed by atoms with Gasteiger partial charge in [-0.05, 0) is 24.1 Å². The van der Waals surface area contributed by atoms with E-state index in [0.29, 0.717) is 16.3 Å². The van der Waals surface area contributed by atoms with E-state index in [1.165, 1.54) is 16.9 Å². The number of aryl methyl sites for hydroxylation is 1. The SMILES string of the molecule is CCc1ccc(-c2csc(/C(C#N)=C/c3ccco3)n2)cc1. The van der Waals surface area contributed by atoms with Crippen molar-refractivity contribution in [1.29, 1.82) is 5.26 Å². The van der Waals surface area contributed by atoms with E-state index in [0.717, 1.165) is 17.7 Å². The molecule has 0 saturated heterocycles. The number of allylic oxidation sites excluding steroid dienone is 1. The summed E-state index contributed by atoms with van der Waals surface area (Å²) in [5.74, 6) is 0.653. The van der Waals surface area contributed by atoms with E-state index in [9.17, 15) is 5.26 Å². The van der Waals surface area contributed by atoms with Crippen LogP contribution in [0.4, 0.5) is 0 Å². The first-order valence-electron chi connectivity index (χ1n) is 7.00. The molecule has 2 aromatic heterocycles. The predicted molar refractivity (Wildman–Crippen MR) is 89.1 cm³/mol. The number of hydrogen-bond acceptors (Lipinski definition) is 4. The number of rotatable bonds is 4. The Morgan fingerprint density at radius 1 is 1.32 bits per heavy atom. The third kappa shape index (κ3) is 3.00. The van der Waals surface area contributed by atoms with Crippen LogP contribution in [0.15, 0.2) is 52.5 Å². The minimum Gasteiger partial charge on any atom is -0.465 e. The van der Waals surface area contributed by atoms with Crippen LogP contribution in [0.3, 0.4) is 0 Å². The lowest BCUT2D eigenvalue weighted by atomic mass is 10.1. The normalized spacial score (nSPS) is 11.4. The zero-order valence-corrected chi connectivity index (χ0v) is 12.9. The molecule has 22 heavy (non-hydrogen) atoms. The van der Waals surface area contributed by atoms with Crippen LogP contribution in [-0.4, -0.2) is 4.98 Å². The largest absolute Gasteiger partial charge is 0.465 e. The molecule has 0 radical (unpaired) electrons. The molecule has 0 aliphatic carbocycles. The highest BCUT2D eigenvalue weighted by Crippen LogP contribution is 2.27. The Kier molecular flexibility index (Phi) is 4.17. The highest BCUT2D eigenvalue weighted by atomic mass is 32.1. The average molecular weight is 306 g/mol. The third-order valence-corrected chi connectivity index (χ3v) is 4.22. The van der Waals surface area contributed by atoms with Gasteiger partial charge in [0.15, 0.2) is 0 Å². The van der Waals surface area contributed by atoms with Gasteiger partial charge in [0.2, 0.25) is 0 Å².